The van der Waals surface area contributed by atoms with E-state index in [0.29, 0.717) is 13.0 Å². The summed E-state index contributed by atoms with van der Waals surface area (Å²) >= 11 is 0. The smallest absolute Gasteiger partial charge is 0.238 e. The van der Waals surface area contributed by atoms with Crippen molar-refractivity contribution in [1.29, 1.82) is 0 Å². The number of hydrogen-bond acceptors (Lipinski definition) is 5. The first-order chi connectivity index (χ1) is 10.4. The van der Waals surface area contributed by atoms with Gasteiger partial charge in [0.1, 0.15) is 6.04 Å². The third kappa shape index (κ3) is 4.91. The number of carbonyl (C=O) groups excluding carboxylic acids is 1. The van der Waals surface area contributed by atoms with Gasteiger partial charge < -0.3 is 10.1 Å². The Hall–Kier alpha value is -0.700. The number of hydrogen-bond donors (Lipinski definition) is 1. The van der Waals surface area contributed by atoms with Crippen molar-refractivity contribution in [1.82, 2.24) is 14.5 Å². The minimum atomic E-state index is -3.34. The molecule has 22 heavy (non-hydrogen) atoms. The molecule has 0 aromatic carbocycles. The quantitative estimate of drug-likeness (QED) is 0.743. The highest BCUT2D eigenvalue weighted by Gasteiger charge is 2.34. The number of morpholine rings is 1. The molecule has 2 fully saturated rings. The van der Waals surface area contributed by atoms with Crippen LogP contribution in [-0.2, 0) is 19.6 Å². The van der Waals surface area contributed by atoms with Crippen molar-refractivity contribution in [2.24, 2.45) is 0 Å². The summed E-state index contributed by atoms with van der Waals surface area (Å²) in [5, 5.41) is 2.97. The summed E-state index contributed by atoms with van der Waals surface area (Å²) in [4.78, 5) is 14.7. The molecule has 1 N–H and O–H groups in total. The standard InChI is InChI=1S/C14H27N3O4S/c1-12(11-16-7-9-21-10-8-16)15-14(18)13-5-3-4-6-17(13)22(2,19)20/h12-13H,3-11H2,1-2H3,(H,15,18)/t12-,13-/m0/s1. The molecule has 128 valence electrons. The van der Waals surface area contributed by atoms with Crippen molar-refractivity contribution in [2.75, 3.05) is 45.6 Å². The summed E-state index contributed by atoms with van der Waals surface area (Å²) in [5.41, 5.74) is 0. The molecule has 0 bridgehead atoms. The highest BCUT2D eigenvalue weighted by Crippen LogP contribution is 2.20. The van der Waals surface area contributed by atoms with Gasteiger partial charge in [0.25, 0.3) is 0 Å². The summed E-state index contributed by atoms with van der Waals surface area (Å²) in [6, 6.07) is -0.565. The van der Waals surface area contributed by atoms with Gasteiger partial charge >= 0.3 is 0 Å². The van der Waals surface area contributed by atoms with Gasteiger partial charge in [0.15, 0.2) is 0 Å². The van der Waals surface area contributed by atoms with Crippen LogP contribution in [-0.4, -0.2) is 81.3 Å². The molecule has 0 radical (unpaired) electrons. The molecule has 0 saturated carbocycles. The third-order valence-electron chi connectivity index (χ3n) is 4.21. The maximum atomic E-state index is 12.4. The number of ether oxygens (including phenoxy) is 1. The molecule has 8 heteroatoms. The average Bonchev–Trinajstić information content (AvgIpc) is 2.47. The van der Waals surface area contributed by atoms with Crippen molar-refractivity contribution in [3.05, 3.63) is 0 Å². The van der Waals surface area contributed by atoms with Crippen LogP contribution in [0.3, 0.4) is 0 Å². The topological polar surface area (TPSA) is 79.0 Å². The van der Waals surface area contributed by atoms with E-state index in [2.05, 4.69) is 10.2 Å². The molecule has 2 atom stereocenters. The highest BCUT2D eigenvalue weighted by molar-refractivity contribution is 7.88. The van der Waals surface area contributed by atoms with E-state index in [4.69, 9.17) is 4.74 Å². The van der Waals surface area contributed by atoms with Crippen LogP contribution in [0.25, 0.3) is 0 Å². The van der Waals surface area contributed by atoms with Crippen molar-refractivity contribution < 1.29 is 17.9 Å². The minimum Gasteiger partial charge on any atom is -0.379 e. The summed E-state index contributed by atoms with van der Waals surface area (Å²) in [5.74, 6) is -0.175. The van der Waals surface area contributed by atoms with Crippen molar-refractivity contribution in [3.63, 3.8) is 0 Å². The van der Waals surface area contributed by atoms with E-state index in [-0.39, 0.29) is 11.9 Å². The SMILES string of the molecule is C[C@@H](CN1CCOCC1)NC(=O)[C@@H]1CCCCN1S(C)(=O)=O. The molecular formula is C14H27N3O4S. The van der Waals surface area contributed by atoms with Gasteiger partial charge in [-0.05, 0) is 19.8 Å². The van der Waals surface area contributed by atoms with Crippen LogP contribution in [0, 0.1) is 0 Å². The van der Waals surface area contributed by atoms with Crippen LogP contribution in [0.1, 0.15) is 26.2 Å². The Morgan fingerprint density at radius 1 is 1.27 bits per heavy atom. The molecule has 2 aliphatic rings. The van der Waals surface area contributed by atoms with E-state index in [0.717, 1.165) is 45.7 Å². The van der Waals surface area contributed by atoms with Crippen LogP contribution in [0.2, 0.25) is 0 Å². The Balaban J connectivity index is 1.89. The second-order valence-electron chi connectivity index (χ2n) is 6.21. The normalized spacial score (nSPS) is 26.5. The predicted molar refractivity (Wildman–Crippen MR) is 84.1 cm³/mol. The largest absolute Gasteiger partial charge is 0.379 e. The number of piperidine rings is 1. The molecule has 1 amide bonds. The zero-order valence-electron chi connectivity index (χ0n) is 13.5. The molecule has 2 heterocycles. The van der Waals surface area contributed by atoms with Crippen LogP contribution >= 0.6 is 0 Å². The molecule has 0 aromatic heterocycles. The fourth-order valence-electron chi connectivity index (χ4n) is 3.12. The number of rotatable bonds is 5. The molecule has 7 nitrogen and oxygen atoms in total. The maximum Gasteiger partial charge on any atom is 0.238 e. The molecular weight excluding hydrogens is 306 g/mol. The van der Waals surface area contributed by atoms with Crippen LogP contribution < -0.4 is 5.32 Å². The molecule has 2 rings (SSSR count). The Morgan fingerprint density at radius 3 is 2.59 bits per heavy atom. The molecule has 2 saturated heterocycles. The van der Waals surface area contributed by atoms with E-state index in [1.807, 2.05) is 6.92 Å². The molecule has 0 unspecified atom stereocenters. The lowest BCUT2D eigenvalue weighted by Crippen LogP contribution is -2.54. The predicted octanol–water partition coefficient (Wildman–Crippen LogP) is -0.363. The van der Waals surface area contributed by atoms with Crippen LogP contribution in [0.4, 0.5) is 0 Å². The van der Waals surface area contributed by atoms with Crippen molar-refractivity contribution in [3.8, 4) is 0 Å². The Labute approximate surface area is 133 Å². The van der Waals surface area contributed by atoms with Crippen LogP contribution in [0.5, 0.6) is 0 Å². The van der Waals surface area contributed by atoms with Gasteiger partial charge in [-0.3, -0.25) is 9.69 Å². The van der Waals surface area contributed by atoms with Crippen molar-refractivity contribution in [2.45, 2.75) is 38.3 Å². The fourth-order valence-corrected chi connectivity index (χ4v) is 4.24. The van der Waals surface area contributed by atoms with E-state index in [9.17, 15) is 13.2 Å². The number of nitrogens with one attached hydrogen (secondary N) is 1. The first-order valence-electron chi connectivity index (χ1n) is 7.95. The molecule has 0 aromatic rings. The van der Waals surface area contributed by atoms with Gasteiger partial charge in [0.05, 0.1) is 19.5 Å². The summed E-state index contributed by atoms with van der Waals surface area (Å²) < 4.78 is 30.3. The zero-order valence-corrected chi connectivity index (χ0v) is 14.3. The second kappa shape index (κ2) is 7.72. The van der Waals surface area contributed by atoms with Crippen LogP contribution in [0.15, 0.2) is 0 Å². The van der Waals surface area contributed by atoms with E-state index in [1.54, 1.807) is 0 Å². The number of nitrogens with zero attached hydrogens (tertiary/aromatic N) is 2. The number of carbonyl (C=O) groups is 1. The van der Waals surface area contributed by atoms with Crippen molar-refractivity contribution >= 4 is 15.9 Å². The summed E-state index contributed by atoms with van der Waals surface area (Å²) in [6.45, 7) is 6.37. The maximum absolute atomic E-state index is 12.4. The molecule has 2 aliphatic heterocycles. The van der Waals surface area contributed by atoms with Gasteiger partial charge in [0.2, 0.25) is 15.9 Å². The minimum absolute atomic E-state index is 0.00561. The third-order valence-corrected chi connectivity index (χ3v) is 5.50. The Bertz CT molecular complexity index is 476. The fraction of sp³-hybridized carbons (Fsp3) is 0.929. The second-order valence-corrected chi connectivity index (χ2v) is 8.14. The van der Waals surface area contributed by atoms with Gasteiger partial charge in [-0.1, -0.05) is 6.42 Å². The zero-order chi connectivity index (χ0) is 16.2. The molecule has 0 aliphatic carbocycles. The van der Waals surface area contributed by atoms with E-state index >= 15 is 0 Å². The lowest BCUT2D eigenvalue weighted by atomic mass is 10.0. The molecule has 0 spiro atoms. The first-order valence-corrected chi connectivity index (χ1v) is 9.80. The van der Waals surface area contributed by atoms with Gasteiger partial charge in [0, 0.05) is 32.2 Å². The number of sulfonamides is 1. The van der Waals surface area contributed by atoms with E-state index < -0.39 is 16.1 Å². The lowest BCUT2D eigenvalue weighted by molar-refractivity contribution is -0.126. The van der Waals surface area contributed by atoms with Gasteiger partial charge in [-0.25, -0.2) is 8.42 Å². The Morgan fingerprint density at radius 2 is 1.95 bits per heavy atom. The monoisotopic (exact) mass is 333 g/mol. The number of amides is 1. The average molecular weight is 333 g/mol. The highest BCUT2D eigenvalue weighted by atomic mass is 32.2. The van der Waals surface area contributed by atoms with Gasteiger partial charge in [-0.15, -0.1) is 0 Å². The summed E-state index contributed by atoms with van der Waals surface area (Å²) in [6.07, 6.45) is 3.49. The van der Waals surface area contributed by atoms with E-state index in [1.165, 1.54) is 10.6 Å². The van der Waals surface area contributed by atoms with Gasteiger partial charge in [-0.2, -0.15) is 4.31 Å². The summed E-state index contributed by atoms with van der Waals surface area (Å²) in [7, 11) is -3.34. The Kier molecular flexibility index (Phi) is 6.19. The lowest BCUT2D eigenvalue weighted by Gasteiger charge is -2.34. The first kappa shape index (κ1) is 17.7.